The van der Waals surface area contributed by atoms with Crippen LogP contribution in [0.15, 0.2) is 78.2 Å². The Bertz CT molecular complexity index is 1250. The van der Waals surface area contributed by atoms with Crippen molar-refractivity contribution in [2.24, 2.45) is 0 Å². The fraction of sp³-hybridized carbons (Fsp3) is 0.185. The van der Waals surface area contributed by atoms with Gasteiger partial charge in [-0.2, -0.15) is 0 Å². The van der Waals surface area contributed by atoms with Crippen molar-refractivity contribution in [3.05, 3.63) is 106 Å². The van der Waals surface area contributed by atoms with Crippen molar-refractivity contribution >= 4 is 17.1 Å². The van der Waals surface area contributed by atoms with Gasteiger partial charge in [-0.1, -0.05) is 60.7 Å². The van der Waals surface area contributed by atoms with Gasteiger partial charge in [0.2, 0.25) is 0 Å². The fourth-order valence-electron chi connectivity index (χ4n) is 3.66. The Morgan fingerprint density at radius 3 is 2.44 bits per heavy atom. The lowest BCUT2D eigenvalue weighted by molar-refractivity contribution is 0.0949. The predicted molar refractivity (Wildman–Crippen MR) is 126 cm³/mol. The highest BCUT2D eigenvalue weighted by molar-refractivity contribution is 7.13. The average Bonchev–Trinajstić information content (AvgIpc) is 3.48. The van der Waals surface area contributed by atoms with E-state index in [9.17, 15) is 4.79 Å². The second-order valence-electron chi connectivity index (χ2n) is 7.99. The molecule has 1 aromatic heterocycles. The molecule has 0 amide bonds. The van der Waals surface area contributed by atoms with Gasteiger partial charge in [0.15, 0.2) is 11.9 Å². The van der Waals surface area contributed by atoms with E-state index in [-0.39, 0.29) is 11.9 Å². The number of ether oxygens (including phenoxy) is 2. The van der Waals surface area contributed by atoms with Crippen molar-refractivity contribution in [3.8, 4) is 16.3 Å². The van der Waals surface area contributed by atoms with Gasteiger partial charge >= 0.3 is 0 Å². The molecule has 4 aromatic rings. The number of benzene rings is 3. The number of epoxide rings is 1. The largest absolute Gasteiger partial charge is 0.488 e. The van der Waals surface area contributed by atoms with Gasteiger partial charge < -0.3 is 9.47 Å². The van der Waals surface area contributed by atoms with Crippen LogP contribution in [0, 0.1) is 13.8 Å². The van der Waals surface area contributed by atoms with Gasteiger partial charge in [0.1, 0.15) is 23.5 Å². The lowest BCUT2D eigenvalue weighted by atomic mass is 9.99. The maximum Gasteiger partial charge on any atom is 0.198 e. The van der Waals surface area contributed by atoms with Crippen LogP contribution in [0.2, 0.25) is 0 Å². The normalized spacial score (nSPS) is 17.2. The first kappa shape index (κ1) is 20.6. The number of carbonyl (C=O) groups excluding carboxylic acids is 1. The molecule has 4 nitrogen and oxygen atoms in total. The Labute approximate surface area is 191 Å². The first-order valence-electron chi connectivity index (χ1n) is 10.6. The highest BCUT2D eigenvalue weighted by atomic mass is 32.1. The smallest absolute Gasteiger partial charge is 0.198 e. The van der Waals surface area contributed by atoms with E-state index in [0.29, 0.717) is 17.9 Å². The van der Waals surface area contributed by atoms with Gasteiger partial charge in [-0.05, 0) is 42.7 Å². The number of rotatable bonds is 7. The third-order valence-corrected chi connectivity index (χ3v) is 6.59. The monoisotopic (exact) mass is 441 g/mol. The minimum absolute atomic E-state index is 0.0598. The van der Waals surface area contributed by atoms with Crippen LogP contribution in [-0.2, 0) is 11.3 Å². The molecule has 5 rings (SSSR count). The molecule has 0 bridgehead atoms. The molecule has 0 radical (unpaired) electrons. The van der Waals surface area contributed by atoms with Crippen molar-refractivity contribution in [3.63, 3.8) is 0 Å². The van der Waals surface area contributed by atoms with Crippen LogP contribution in [0.5, 0.6) is 5.75 Å². The summed E-state index contributed by atoms with van der Waals surface area (Å²) >= 11 is 1.57. The average molecular weight is 442 g/mol. The Hall–Kier alpha value is -3.28. The molecule has 0 N–H and O–H groups in total. The SMILES string of the molecule is Cc1cc(OCc2ccccc2)c(C(=O)[C@@H]2O[C@@H]2c2csc(-c3ccccc3)n2)cc1C. The van der Waals surface area contributed by atoms with Crippen molar-refractivity contribution < 1.29 is 14.3 Å². The first-order chi connectivity index (χ1) is 15.6. The van der Waals surface area contributed by atoms with Gasteiger partial charge in [0.25, 0.3) is 0 Å². The first-order valence-corrected chi connectivity index (χ1v) is 11.5. The Kier molecular flexibility index (Phi) is 5.60. The molecular weight excluding hydrogens is 418 g/mol. The predicted octanol–water partition coefficient (Wildman–Crippen LogP) is 6.33. The van der Waals surface area contributed by atoms with E-state index in [1.165, 1.54) is 0 Å². The molecule has 0 aliphatic carbocycles. The van der Waals surface area contributed by atoms with Crippen molar-refractivity contribution in [1.82, 2.24) is 4.98 Å². The van der Waals surface area contributed by atoms with Gasteiger partial charge in [0, 0.05) is 10.9 Å². The molecule has 2 heterocycles. The maximum atomic E-state index is 13.3. The number of aryl methyl sites for hydroxylation is 2. The summed E-state index contributed by atoms with van der Waals surface area (Å²) in [5.74, 6) is 0.537. The topological polar surface area (TPSA) is 51.7 Å². The lowest BCUT2D eigenvalue weighted by Gasteiger charge is -2.13. The van der Waals surface area contributed by atoms with Crippen LogP contribution in [-0.4, -0.2) is 16.9 Å². The summed E-state index contributed by atoms with van der Waals surface area (Å²) in [4.78, 5) is 18.0. The summed E-state index contributed by atoms with van der Waals surface area (Å²) in [6, 6.07) is 23.8. The van der Waals surface area contributed by atoms with E-state index in [1.807, 2.05) is 92.0 Å². The molecule has 1 aliphatic rings. The number of ketones is 1. The summed E-state index contributed by atoms with van der Waals surface area (Å²) in [7, 11) is 0. The third kappa shape index (κ3) is 4.22. The van der Waals surface area contributed by atoms with E-state index in [0.717, 1.165) is 33.0 Å². The zero-order chi connectivity index (χ0) is 22.1. The highest BCUT2D eigenvalue weighted by Crippen LogP contribution is 2.43. The van der Waals surface area contributed by atoms with E-state index < -0.39 is 6.10 Å². The Morgan fingerprint density at radius 1 is 1.00 bits per heavy atom. The summed E-state index contributed by atoms with van der Waals surface area (Å²) in [6.45, 7) is 4.44. The van der Waals surface area contributed by atoms with Crippen molar-refractivity contribution in [2.75, 3.05) is 0 Å². The zero-order valence-corrected chi connectivity index (χ0v) is 18.8. The Balaban J connectivity index is 1.35. The molecule has 160 valence electrons. The summed E-state index contributed by atoms with van der Waals surface area (Å²) < 4.78 is 11.9. The standard InChI is InChI=1S/C27H23NO3S/c1-17-13-21(23(14-18(17)2)30-15-19-9-5-3-6-10-19)24(29)26-25(31-26)22-16-32-27(28-22)20-11-7-4-8-12-20/h3-14,16,25-26H,15H2,1-2H3/t25-,26+/m1/s1. The molecule has 1 aliphatic heterocycles. The van der Waals surface area contributed by atoms with Gasteiger partial charge in [0.05, 0.1) is 11.3 Å². The number of hydrogen-bond donors (Lipinski definition) is 0. The van der Waals surface area contributed by atoms with E-state index in [4.69, 9.17) is 14.5 Å². The van der Waals surface area contributed by atoms with Crippen LogP contribution in [0.1, 0.15) is 38.8 Å². The zero-order valence-electron chi connectivity index (χ0n) is 17.9. The van der Waals surface area contributed by atoms with Crippen LogP contribution in [0.4, 0.5) is 0 Å². The number of carbonyl (C=O) groups is 1. The minimum atomic E-state index is -0.526. The Morgan fingerprint density at radius 2 is 1.69 bits per heavy atom. The molecule has 2 atom stereocenters. The van der Waals surface area contributed by atoms with Crippen LogP contribution in [0.25, 0.3) is 10.6 Å². The summed E-state index contributed by atoms with van der Waals surface area (Å²) in [5.41, 5.74) is 5.64. The lowest BCUT2D eigenvalue weighted by Crippen LogP contribution is -2.12. The number of aromatic nitrogens is 1. The molecule has 5 heteroatoms. The maximum absolute atomic E-state index is 13.3. The van der Waals surface area contributed by atoms with E-state index >= 15 is 0 Å². The third-order valence-electron chi connectivity index (χ3n) is 5.68. The van der Waals surface area contributed by atoms with Crippen LogP contribution >= 0.6 is 11.3 Å². The number of thiazole rings is 1. The van der Waals surface area contributed by atoms with Crippen molar-refractivity contribution in [2.45, 2.75) is 32.7 Å². The quantitative estimate of drug-likeness (QED) is 0.248. The second-order valence-corrected chi connectivity index (χ2v) is 8.85. The fourth-order valence-corrected chi connectivity index (χ4v) is 4.51. The van der Waals surface area contributed by atoms with E-state index in [2.05, 4.69) is 0 Å². The number of Topliss-reactive ketones (excluding diaryl/α,β-unsaturated/α-hetero) is 1. The van der Waals surface area contributed by atoms with Gasteiger partial charge in [-0.3, -0.25) is 4.79 Å². The second kappa shape index (κ2) is 8.69. The molecule has 3 aromatic carbocycles. The van der Waals surface area contributed by atoms with Crippen LogP contribution < -0.4 is 4.74 Å². The van der Waals surface area contributed by atoms with Crippen molar-refractivity contribution in [1.29, 1.82) is 0 Å². The molecule has 0 spiro atoms. The van der Waals surface area contributed by atoms with Crippen LogP contribution in [0.3, 0.4) is 0 Å². The highest BCUT2D eigenvalue weighted by Gasteiger charge is 2.48. The molecule has 0 unspecified atom stereocenters. The molecule has 1 saturated heterocycles. The number of hydrogen-bond acceptors (Lipinski definition) is 5. The number of nitrogens with zero attached hydrogens (tertiary/aromatic N) is 1. The summed E-state index contributed by atoms with van der Waals surface area (Å²) in [5, 5.41) is 2.91. The molecule has 0 saturated carbocycles. The molecule has 1 fully saturated rings. The van der Waals surface area contributed by atoms with Gasteiger partial charge in [-0.25, -0.2) is 4.98 Å². The van der Waals surface area contributed by atoms with Gasteiger partial charge in [-0.15, -0.1) is 11.3 Å². The van der Waals surface area contributed by atoms with E-state index in [1.54, 1.807) is 11.3 Å². The summed E-state index contributed by atoms with van der Waals surface area (Å²) in [6.07, 6.45) is -0.832. The molecular formula is C27H23NO3S. The minimum Gasteiger partial charge on any atom is -0.488 e. The molecule has 32 heavy (non-hydrogen) atoms.